The molecule has 1 unspecified atom stereocenters. The van der Waals surface area contributed by atoms with Crippen molar-refractivity contribution < 1.29 is 59.8 Å². The molecule has 125 heavy (non-hydrogen) atoms. The van der Waals surface area contributed by atoms with Crippen molar-refractivity contribution in [3.63, 3.8) is 0 Å². The molecule has 0 amide bonds. The Morgan fingerprint density at radius 1 is 0.552 bits per heavy atom. The van der Waals surface area contributed by atoms with Crippen molar-refractivity contribution in [2.45, 2.75) is 130 Å². The second-order valence-electron chi connectivity index (χ2n) is 26.2. The molecule has 6 aromatic heterocycles. The van der Waals surface area contributed by atoms with Crippen LogP contribution in [0.15, 0.2) is 265 Å². The van der Waals surface area contributed by atoms with Gasteiger partial charge in [0.15, 0.2) is 5.82 Å². The zero-order valence-corrected chi connectivity index (χ0v) is 86.2. The summed E-state index contributed by atoms with van der Waals surface area (Å²) in [6, 6.07) is 70.2. The minimum Gasteiger partial charge on any atom is -0.0622 e. The summed E-state index contributed by atoms with van der Waals surface area (Å²) in [5.74, 6) is 3.70. The number of anilines is 5. The van der Waals surface area contributed by atoms with Crippen LogP contribution in [0.4, 0.5) is 29.5 Å². The van der Waals surface area contributed by atoms with E-state index in [1.807, 2.05) is 0 Å². The maximum Gasteiger partial charge on any atom is 1.00 e. The number of nitrogen functional groups attached to an aromatic ring is 2. The number of benzene rings is 6. The first-order valence-electron chi connectivity index (χ1n) is 38.8. The molecule has 39 heteroatoms. The summed E-state index contributed by atoms with van der Waals surface area (Å²) in [5.41, 5.74) is 12.0. The number of aromatic nitrogens is 12. The Hall–Kier alpha value is -4.80. The van der Waals surface area contributed by atoms with E-state index in [1.54, 1.807) is 55.5 Å². The van der Waals surface area contributed by atoms with Crippen molar-refractivity contribution in [2.24, 2.45) is 0 Å². The number of hydrogen-bond acceptors (Lipinski definition) is 23. The third kappa shape index (κ3) is 47.2. The topological polar surface area (TPSA) is 315 Å². The number of halogens is 7. The molecule has 4 radical (unpaired) electrons. The Morgan fingerprint density at radius 3 is 1.07 bits per heavy atom. The second-order valence-corrected chi connectivity index (χ2v) is 35.5. The normalized spacial score (nSPS) is 14.5. The van der Waals surface area contributed by atoms with Crippen LogP contribution in [0.3, 0.4) is 0 Å². The minimum absolute atomic E-state index is 0. The van der Waals surface area contributed by atoms with Gasteiger partial charge in [-0.25, -0.2) is 65.1 Å². The molecule has 0 bridgehead atoms. The van der Waals surface area contributed by atoms with E-state index < -0.39 is 23.0 Å². The fourth-order valence-electron chi connectivity index (χ4n) is 11.7. The van der Waals surface area contributed by atoms with Crippen molar-refractivity contribution in [3.8, 4) is 11.4 Å². The molecule has 8 N–H and O–H groups in total. The van der Waals surface area contributed by atoms with Gasteiger partial charge in [0.2, 0.25) is 28.4 Å². The third-order valence-corrected chi connectivity index (χ3v) is 23.7. The van der Waals surface area contributed by atoms with Crippen LogP contribution in [0.1, 0.15) is 106 Å². The number of unbranched alkanes of at least 4 members (excludes halogenated alkanes) is 1. The van der Waals surface area contributed by atoms with Crippen molar-refractivity contribution >= 4 is 258 Å². The van der Waals surface area contributed by atoms with Gasteiger partial charge in [-0.05, 0) is 200 Å². The monoisotopic (exact) mass is 2080 g/mol. The van der Waals surface area contributed by atoms with Gasteiger partial charge in [-0.1, -0.05) is 203 Å². The summed E-state index contributed by atoms with van der Waals surface area (Å²) in [6.45, 7) is 18.8. The molecule has 16 rings (SSSR count). The van der Waals surface area contributed by atoms with Gasteiger partial charge in [0.25, 0.3) is 0 Å². The number of carbonyl (C=O) groups is 1. The van der Waals surface area contributed by atoms with E-state index in [4.69, 9.17) is 75.1 Å². The largest absolute Gasteiger partial charge is 1.00 e. The molecule has 0 saturated carbocycles. The summed E-state index contributed by atoms with van der Waals surface area (Å²) in [6.07, 6.45) is 28.6. The molecular weight excluding hydrogens is 1980 g/mol. The van der Waals surface area contributed by atoms with E-state index in [1.165, 1.54) is 102 Å². The van der Waals surface area contributed by atoms with E-state index in [0.717, 1.165) is 71.3 Å². The fourth-order valence-corrected chi connectivity index (χ4v) is 17.0. The first-order valence-corrected chi connectivity index (χ1v) is 47.9. The summed E-state index contributed by atoms with van der Waals surface area (Å²) in [4.78, 5) is 66.7. The summed E-state index contributed by atoms with van der Waals surface area (Å²) in [5, 5.41) is 37.0. The number of hydrogen-bond donors (Lipinski definition) is 6. The van der Waals surface area contributed by atoms with Crippen LogP contribution in [-0.4, -0.2) is 207 Å². The van der Waals surface area contributed by atoms with E-state index in [-0.39, 0.29) is 140 Å². The van der Waals surface area contributed by atoms with Crippen molar-refractivity contribution in [1.29, 1.82) is 1.28 Å². The minimum atomic E-state index is -1.49. The molecule has 654 valence electrons. The molecule has 4 aliphatic heterocycles. The quantitative estimate of drug-likeness (QED) is 0.0119. The predicted molar refractivity (Wildman–Crippen MR) is 533 cm³/mol. The van der Waals surface area contributed by atoms with Crippen LogP contribution in [0, 0.1) is 6.92 Å². The number of nitrogens with two attached hydrogens (primary N) is 2. The van der Waals surface area contributed by atoms with E-state index in [9.17, 15) is 0 Å². The Morgan fingerprint density at radius 2 is 0.848 bits per heavy atom. The first-order chi connectivity index (χ1) is 58.7. The van der Waals surface area contributed by atoms with Gasteiger partial charge < -0.3 is 53.3 Å². The molecule has 0 spiro atoms. The van der Waals surface area contributed by atoms with E-state index in [0.29, 0.717) is 47.0 Å². The zero-order chi connectivity index (χ0) is 87.8. The average Bonchev–Trinajstić information content (AvgIpc) is 1.23. The fraction of sp³-hybridized carbons (Fsp3) is 0.279. The third-order valence-electron chi connectivity index (χ3n) is 17.6. The zero-order valence-electron chi connectivity index (χ0n) is 71.8. The van der Waals surface area contributed by atoms with Crippen molar-refractivity contribution in [3.05, 3.63) is 283 Å². The molecule has 5 atom stereocenters. The number of carbonyl (C=O) groups excluding carboxylic acids is 1. The Labute approximate surface area is 851 Å². The molecular formula is C86H107B2Br2Cl5LiN18Na2O5P3Pd. The summed E-state index contributed by atoms with van der Waals surface area (Å²) < 4.78 is 7.78. The van der Waals surface area contributed by atoms with Gasteiger partial charge in [-0.15, -0.1) is 12.4 Å². The van der Waals surface area contributed by atoms with E-state index in [2.05, 4.69) is 348 Å². The summed E-state index contributed by atoms with van der Waals surface area (Å²) >= 11 is 17.1. The molecule has 0 aliphatic carbocycles. The Bertz CT molecular complexity index is 4340. The van der Waals surface area contributed by atoms with Gasteiger partial charge in [0.1, 0.15) is 11.6 Å². The number of nitrogens with zero attached hydrogens (tertiary/aromatic N) is 15. The first kappa shape index (κ1) is 118. The Balaban J connectivity index is 0.00000141. The number of nitrogens with one attached hydrogen (secondary N) is 1. The maximum absolute atomic E-state index is 8.89. The molecule has 6 aromatic carbocycles. The van der Waals surface area contributed by atoms with Gasteiger partial charge in [0.05, 0.1) is 22.1 Å². The number of rotatable bonds is 13. The average molecular weight is 2090 g/mol. The molecule has 4 saturated heterocycles. The predicted octanol–water partition coefficient (Wildman–Crippen LogP) is 13.0. The SMILES string of the molecule is C.C[C@@H]1CCCN1.C[C@@H]1CCCN1c1ncc(-c2nccc(N)n2)cn1.C[C@@H]1CCCN1c1ncc(B(O)O)cn1.C[C@@H]1CCCN1c1ncc(Br)cn1.Cl.Clc1ncc(Br)cn1.Nc1ccnc(Cl)n1.O=COO.[3H]P[B].[CH2-]CCC.[Cl][Pd][Cl].[Li+].[Na].[Na].c1ccc(P(c2ccccc2)c2ccccc2)cc1.c1ccc(P(c2ccccc2)c2ccccc2)cc1. The molecule has 12 aromatic rings. The van der Waals surface area contributed by atoms with E-state index >= 15 is 0 Å². The van der Waals surface area contributed by atoms with Crippen LogP contribution in [0.25, 0.3) is 11.4 Å². The van der Waals surface area contributed by atoms with Crippen LogP contribution >= 0.6 is 111 Å². The smallest absolute Gasteiger partial charge is 0.0622 e. The van der Waals surface area contributed by atoms with Crippen molar-refractivity contribution in [2.75, 3.05) is 52.3 Å². The molecule has 23 nitrogen and oxygen atoms in total. The van der Waals surface area contributed by atoms with Crippen LogP contribution in [0.5, 0.6) is 0 Å². The standard InChI is InChI=1S/2C18H15P.C13H16N6.C9H14BN3O2.C9H12BrN3.C5H11N.C4H2BrClN2.C4H4ClN3.C4H9.CH2O3.CH4.BH2P.3ClH.Li.2Na.Pd/c2*1-4-10-16(11-5-1)19(17-12-6-2-7-13-17)18-14-8-3-9-15-18;1-9-3-2-6-19(9)13-16-7-10(8-17-13)12-15-5-4-11(14)18-12;1-7-3-2-4-13(7)9-11-5-8(6-12-9)10(14)15;1-7-3-2-4-13(7)9-11-5-8(10)6-12-9;1-5-3-2-4-6-5;5-3-1-7-4(6)8-2-3;5-4-7-2-1-3(6)8-4;1-3-4-2;2-1-4-3;;1-2;;;;;;;/h2*1-15H;4-5,7-9H,2-3,6H2,1H3,(H2,14,15,18);5-7,14-15H,2-4H2,1H3;5-7H,2-4H2,1H3;5-6H,2-4H2,1H3;1-2H;1-2H,(H2,6,7,8);1,3-4H2,2H3;1,3H;1H4;2H2;3*1H;;;;/q;;;;;;;;-1;;;;;;;+1;;;+2/p-2/t;;9-;2*7-;5-;;;;;;;;;;;;;/m..1111............./s1/i;;;;;;;;;;;2T;;;;;;;. The van der Waals surface area contributed by atoms with Gasteiger partial charge >= 0.3 is 67.4 Å². The van der Waals surface area contributed by atoms with Gasteiger partial charge in [-0.2, -0.15) is 15.5 Å². The van der Waals surface area contributed by atoms with Crippen LogP contribution < -0.4 is 87.6 Å². The summed E-state index contributed by atoms with van der Waals surface area (Å²) in [7, 11) is 11.6. The molecule has 10 heterocycles. The maximum atomic E-state index is 8.89. The van der Waals surface area contributed by atoms with Crippen molar-refractivity contribution in [1.82, 2.24) is 65.1 Å². The molecule has 4 aliphatic rings. The van der Waals surface area contributed by atoms with Crippen LogP contribution in [0.2, 0.25) is 10.6 Å². The van der Waals surface area contributed by atoms with Crippen LogP contribution in [-0.2, 0) is 25.6 Å². The second kappa shape index (κ2) is 72.8. The molecule has 4 fully saturated rings. The van der Waals surface area contributed by atoms with Gasteiger partial charge in [0, 0.05) is 172 Å². The Kier molecular flexibility index (Phi) is 68.9. The van der Waals surface area contributed by atoms with Gasteiger partial charge in [-0.3, -0.25) is 4.79 Å².